The van der Waals surface area contributed by atoms with Crippen LogP contribution < -0.4 is 0 Å². The van der Waals surface area contributed by atoms with Crippen molar-refractivity contribution in [3.63, 3.8) is 0 Å². The number of likely N-dealkylation sites (N-methyl/N-ethyl adjacent to an activating group) is 1. The van der Waals surface area contributed by atoms with Gasteiger partial charge in [0.2, 0.25) is 0 Å². The maximum Gasteiger partial charge on any atom is 0.175 e. The smallest absolute Gasteiger partial charge is 0.175 e. The highest BCUT2D eigenvalue weighted by molar-refractivity contribution is 6.34. The number of rotatable bonds is 4. The molecule has 0 fully saturated rings. The fourth-order valence-electron chi connectivity index (χ4n) is 2.12. The number of hydrogen-bond donors (Lipinski definition) is 0. The fraction of sp³-hybridized carbons (Fsp3) is 0.267. The quantitative estimate of drug-likeness (QED) is 0.776. The lowest BCUT2D eigenvalue weighted by Gasteiger charge is -2.17. The molecule has 0 amide bonds. The Labute approximate surface area is 113 Å². The molecule has 0 radical (unpaired) electrons. The molecule has 0 spiro atoms. The number of carbonyl (C=O) groups is 1. The Morgan fingerprint density at radius 3 is 2.72 bits per heavy atom. The third kappa shape index (κ3) is 2.71. The number of ketones is 1. The van der Waals surface area contributed by atoms with Gasteiger partial charge in [-0.2, -0.15) is 0 Å². The molecule has 94 valence electrons. The molecular weight excluding hydrogens is 246 g/mol. The van der Waals surface area contributed by atoms with Gasteiger partial charge in [-0.25, -0.2) is 0 Å². The van der Waals surface area contributed by atoms with Crippen LogP contribution in [0.5, 0.6) is 0 Å². The molecule has 0 aromatic heterocycles. The average molecular weight is 262 g/mol. The lowest BCUT2D eigenvalue weighted by Crippen LogP contribution is -2.22. The monoisotopic (exact) mass is 261 g/mol. The Morgan fingerprint density at radius 2 is 2.06 bits per heavy atom. The standard InChI is InChI=1S/C15H16ClNO/c1-17(2)10-11-6-5-8-12(11)15(18)13-7-3-4-9-14(13)16/h3-9,12H,10H2,1-2H3. The normalized spacial score (nSPS) is 18.2. The van der Waals surface area contributed by atoms with E-state index in [2.05, 4.69) is 4.90 Å². The van der Waals surface area contributed by atoms with Crippen molar-refractivity contribution in [2.75, 3.05) is 20.6 Å². The molecule has 0 heterocycles. The molecule has 1 unspecified atom stereocenters. The van der Waals surface area contributed by atoms with Crippen LogP contribution in [0.15, 0.2) is 48.1 Å². The number of carbonyl (C=O) groups excluding carboxylic acids is 1. The van der Waals surface area contributed by atoms with Gasteiger partial charge in [0.25, 0.3) is 0 Å². The third-order valence-corrected chi connectivity index (χ3v) is 3.26. The number of hydrogen-bond acceptors (Lipinski definition) is 2. The summed E-state index contributed by atoms with van der Waals surface area (Å²) >= 11 is 6.08. The van der Waals surface area contributed by atoms with Crippen LogP contribution in [0.3, 0.4) is 0 Å². The first-order valence-electron chi connectivity index (χ1n) is 5.90. The molecule has 0 bridgehead atoms. The first kappa shape index (κ1) is 13.1. The van der Waals surface area contributed by atoms with Crippen molar-refractivity contribution in [2.24, 2.45) is 5.92 Å². The minimum Gasteiger partial charge on any atom is -0.305 e. The first-order chi connectivity index (χ1) is 8.59. The van der Waals surface area contributed by atoms with Gasteiger partial charge in [0.15, 0.2) is 5.78 Å². The van der Waals surface area contributed by atoms with Gasteiger partial charge in [-0.1, -0.05) is 42.0 Å². The summed E-state index contributed by atoms with van der Waals surface area (Å²) in [6.07, 6.45) is 5.89. The summed E-state index contributed by atoms with van der Waals surface area (Å²) in [5.74, 6) is -0.102. The number of allylic oxidation sites excluding steroid dienone is 3. The van der Waals surface area contributed by atoms with Gasteiger partial charge in [0, 0.05) is 12.1 Å². The number of nitrogens with zero attached hydrogens (tertiary/aromatic N) is 1. The summed E-state index contributed by atoms with van der Waals surface area (Å²) in [7, 11) is 3.99. The zero-order chi connectivity index (χ0) is 13.1. The largest absolute Gasteiger partial charge is 0.305 e. The number of Topliss-reactive ketones (excluding diaryl/α,β-unsaturated/α-hetero) is 1. The highest BCUT2D eigenvalue weighted by Crippen LogP contribution is 2.27. The van der Waals surface area contributed by atoms with Gasteiger partial charge in [0.05, 0.1) is 10.9 Å². The van der Waals surface area contributed by atoms with Gasteiger partial charge in [-0.3, -0.25) is 4.79 Å². The Morgan fingerprint density at radius 1 is 1.33 bits per heavy atom. The highest BCUT2D eigenvalue weighted by Gasteiger charge is 2.25. The molecule has 1 aliphatic carbocycles. The third-order valence-electron chi connectivity index (χ3n) is 2.93. The average Bonchev–Trinajstić information content (AvgIpc) is 2.76. The molecule has 18 heavy (non-hydrogen) atoms. The first-order valence-corrected chi connectivity index (χ1v) is 6.28. The van der Waals surface area contributed by atoms with E-state index in [0.717, 1.165) is 12.1 Å². The van der Waals surface area contributed by atoms with Crippen molar-refractivity contribution >= 4 is 17.4 Å². The summed E-state index contributed by atoms with van der Waals surface area (Å²) in [5.41, 5.74) is 1.71. The Balaban J connectivity index is 2.22. The van der Waals surface area contributed by atoms with Gasteiger partial charge in [0.1, 0.15) is 0 Å². The lowest BCUT2D eigenvalue weighted by molar-refractivity contribution is 0.0959. The fourth-order valence-corrected chi connectivity index (χ4v) is 2.35. The Kier molecular flexibility index (Phi) is 4.00. The molecule has 0 saturated heterocycles. The minimum atomic E-state index is -0.174. The zero-order valence-electron chi connectivity index (χ0n) is 10.6. The molecule has 1 aromatic carbocycles. The van der Waals surface area contributed by atoms with Crippen LogP contribution in [-0.2, 0) is 0 Å². The van der Waals surface area contributed by atoms with E-state index < -0.39 is 0 Å². The van der Waals surface area contributed by atoms with Crippen molar-refractivity contribution in [3.05, 3.63) is 58.7 Å². The number of benzene rings is 1. The minimum absolute atomic E-state index is 0.0717. The van der Waals surface area contributed by atoms with Crippen molar-refractivity contribution in [3.8, 4) is 0 Å². The molecule has 2 rings (SSSR count). The summed E-state index contributed by atoms with van der Waals surface area (Å²) in [4.78, 5) is 14.5. The second-order valence-electron chi connectivity index (χ2n) is 4.69. The Bertz CT molecular complexity index is 517. The molecule has 0 saturated carbocycles. The second-order valence-corrected chi connectivity index (χ2v) is 5.09. The number of halogens is 1. The van der Waals surface area contributed by atoms with E-state index in [9.17, 15) is 4.79 Å². The predicted molar refractivity (Wildman–Crippen MR) is 75.0 cm³/mol. The van der Waals surface area contributed by atoms with E-state index in [1.165, 1.54) is 0 Å². The molecule has 3 heteroatoms. The molecule has 1 atom stereocenters. The van der Waals surface area contributed by atoms with E-state index in [4.69, 9.17) is 11.6 Å². The van der Waals surface area contributed by atoms with Crippen LogP contribution in [0, 0.1) is 5.92 Å². The van der Waals surface area contributed by atoms with E-state index in [0.29, 0.717) is 10.6 Å². The van der Waals surface area contributed by atoms with Crippen LogP contribution in [0.2, 0.25) is 5.02 Å². The van der Waals surface area contributed by atoms with E-state index in [1.807, 2.05) is 44.5 Å². The van der Waals surface area contributed by atoms with Crippen LogP contribution in [-0.4, -0.2) is 31.3 Å². The summed E-state index contributed by atoms with van der Waals surface area (Å²) in [6, 6.07) is 7.21. The van der Waals surface area contributed by atoms with E-state index in [1.54, 1.807) is 12.1 Å². The summed E-state index contributed by atoms with van der Waals surface area (Å²) in [5, 5.41) is 0.520. The van der Waals surface area contributed by atoms with Crippen LogP contribution >= 0.6 is 11.6 Å². The van der Waals surface area contributed by atoms with Gasteiger partial charge < -0.3 is 4.90 Å². The molecule has 1 aliphatic rings. The van der Waals surface area contributed by atoms with Crippen molar-refractivity contribution < 1.29 is 4.79 Å². The highest BCUT2D eigenvalue weighted by atomic mass is 35.5. The Hall–Kier alpha value is -1.38. The van der Waals surface area contributed by atoms with Gasteiger partial charge >= 0.3 is 0 Å². The predicted octanol–water partition coefficient (Wildman–Crippen LogP) is 3.20. The van der Waals surface area contributed by atoms with Crippen LogP contribution in [0.4, 0.5) is 0 Å². The topological polar surface area (TPSA) is 20.3 Å². The lowest BCUT2D eigenvalue weighted by atomic mass is 9.92. The molecular formula is C15H16ClNO. The summed E-state index contributed by atoms with van der Waals surface area (Å²) < 4.78 is 0. The maximum absolute atomic E-state index is 12.5. The molecule has 0 N–H and O–H groups in total. The summed E-state index contributed by atoms with van der Waals surface area (Å²) in [6.45, 7) is 0.786. The second kappa shape index (κ2) is 5.51. The van der Waals surface area contributed by atoms with Gasteiger partial charge in [-0.15, -0.1) is 0 Å². The van der Waals surface area contributed by atoms with E-state index in [-0.39, 0.29) is 11.7 Å². The van der Waals surface area contributed by atoms with Crippen molar-refractivity contribution in [1.29, 1.82) is 0 Å². The van der Waals surface area contributed by atoms with E-state index >= 15 is 0 Å². The maximum atomic E-state index is 12.5. The van der Waals surface area contributed by atoms with Gasteiger partial charge in [-0.05, 0) is 31.8 Å². The zero-order valence-corrected chi connectivity index (χ0v) is 11.3. The van der Waals surface area contributed by atoms with Crippen LogP contribution in [0.1, 0.15) is 10.4 Å². The molecule has 0 aliphatic heterocycles. The van der Waals surface area contributed by atoms with Crippen LogP contribution in [0.25, 0.3) is 0 Å². The molecule has 1 aromatic rings. The van der Waals surface area contributed by atoms with Crippen molar-refractivity contribution in [1.82, 2.24) is 4.90 Å². The SMILES string of the molecule is CN(C)CC1=CC=CC1C(=O)c1ccccc1Cl. The molecule has 2 nitrogen and oxygen atoms in total. The van der Waals surface area contributed by atoms with Crippen molar-refractivity contribution in [2.45, 2.75) is 0 Å².